The number of hydrogen-bond donors (Lipinski definition) is 3. The quantitative estimate of drug-likeness (QED) is 0.0768. The molecule has 0 saturated carbocycles. The van der Waals surface area contributed by atoms with E-state index >= 15 is 0 Å². The predicted octanol–water partition coefficient (Wildman–Crippen LogP) is 6.93. The third-order valence-electron chi connectivity index (χ3n) is 10.8. The zero-order chi connectivity index (χ0) is 47.0. The molecule has 5 heterocycles. The molecule has 17 nitrogen and oxygen atoms in total. The standard InChI is InChI=1S/C20H25N3O5.C16H18N2O3.C11H8ClNO3/c1-20(2,3)28-19(26)23-9-7-22(8-10-23)18(25)17(24)15-12-21-16-11-13(27-4)5-6-14(15)16;1-21-11-5-6-12-13(10-17-14(12)9-11)15(19)16(20)18-7-3-2-4-8-18;1-16-6-2-3-7-8(10(14)11(12)15)5-13-9(7)4-6/h5-6,11-12,21H,7-10H2,1-4H3;5-6,9-10,17H,2-4,7-8H2,1H3;2-5,13H,1H3. The van der Waals surface area contributed by atoms with Crippen molar-refractivity contribution in [2.75, 3.05) is 60.6 Å². The molecule has 0 radical (unpaired) electrons. The fraction of sp³-hybridized carbons (Fsp3) is 0.340. The summed E-state index contributed by atoms with van der Waals surface area (Å²) in [6.07, 6.45) is 7.29. The zero-order valence-electron chi connectivity index (χ0n) is 37.0. The van der Waals surface area contributed by atoms with Gasteiger partial charge in [0.15, 0.2) is 0 Å². The maximum atomic E-state index is 12.7. The smallest absolute Gasteiger partial charge is 0.410 e. The number of hydrogen-bond acceptors (Lipinski definition) is 11. The topological polar surface area (TPSA) is 213 Å². The van der Waals surface area contributed by atoms with E-state index in [2.05, 4.69) is 15.0 Å². The van der Waals surface area contributed by atoms with Crippen molar-refractivity contribution in [2.24, 2.45) is 0 Å². The van der Waals surface area contributed by atoms with E-state index in [0.29, 0.717) is 78.4 Å². The molecule has 0 spiro atoms. The number of H-pyrrole nitrogens is 3. The molecule has 2 saturated heterocycles. The number of carbonyl (C=O) groups is 7. The number of aromatic nitrogens is 3. The van der Waals surface area contributed by atoms with Crippen LogP contribution in [0.1, 0.15) is 71.1 Å². The highest BCUT2D eigenvalue weighted by molar-refractivity contribution is 6.83. The third kappa shape index (κ3) is 11.2. The van der Waals surface area contributed by atoms with Gasteiger partial charge in [0.25, 0.3) is 28.6 Å². The fourth-order valence-electron chi connectivity index (χ4n) is 7.40. The maximum Gasteiger partial charge on any atom is 0.410 e. The minimum atomic E-state index is -0.989. The number of halogens is 1. The van der Waals surface area contributed by atoms with Gasteiger partial charge in [0, 0.05) is 109 Å². The van der Waals surface area contributed by atoms with Gasteiger partial charge in [-0.05, 0) is 88.0 Å². The molecule has 3 aromatic carbocycles. The van der Waals surface area contributed by atoms with Crippen LogP contribution < -0.4 is 14.2 Å². The van der Waals surface area contributed by atoms with Crippen LogP contribution in [-0.4, -0.2) is 136 Å². The number of nitrogens with zero attached hydrogens (tertiary/aromatic N) is 3. The molecule has 3 aromatic heterocycles. The van der Waals surface area contributed by atoms with Crippen LogP contribution in [-0.2, 0) is 19.1 Å². The summed E-state index contributed by atoms with van der Waals surface area (Å²) in [4.78, 5) is 98.1. The first-order valence-electron chi connectivity index (χ1n) is 20.9. The molecule has 65 heavy (non-hydrogen) atoms. The van der Waals surface area contributed by atoms with E-state index in [1.54, 1.807) is 113 Å². The summed E-state index contributed by atoms with van der Waals surface area (Å²) in [5.74, 6) is -0.630. The van der Waals surface area contributed by atoms with Crippen LogP contribution in [0.5, 0.6) is 17.2 Å². The second-order valence-electron chi connectivity index (χ2n) is 16.2. The van der Waals surface area contributed by atoms with Gasteiger partial charge in [-0.1, -0.05) is 0 Å². The minimum Gasteiger partial charge on any atom is -0.497 e. The van der Waals surface area contributed by atoms with E-state index in [4.69, 9.17) is 30.5 Å². The number of fused-ring (bicyclic) bond motifs is 3. The largest absolute Gasteiger partial charge is 0.497 e. The van der Waals surface area contributed by atoms with Crippen LogP contribution in [0.3, 0.4) is 0 Å². The molecule has 6 aromatic rings. The van der Waals surface area contributed by atoms with Crippen molar-refractivity contribution >= 4 is 84.8 Å². The first-order valence-corrected chi connectivity index (χ1v) is 21.3. The number of rotatable bonds is 9. The van der Waals surface area contributed by atoms with Crippen molar-refractivity contribution in [3.8, 4) is 17.2 Å². The Kier molecular flexibility index (Phi) is 15.0. The van der Waals surface area contributed by atoms with E-state index in [1.807, 2.05) is 6.07 Å². The number of piperidine rings is 1. The van der Waals surface area contributed by atoms with Gasteiger partial charge in [0.2, 0.25) is 5.78 Å². The van der Waals surface area contributed by atoms with E-state index in [1.165, 1.54) is 11.1 Å². The number of ether oxygens (including phenoxy) is 4. The molecule has 0 bridgehead atoms. The van der Waals surface area contributed by atoms with Crippen LogP contribution in [0.2, 0.25) is 0 Å². The number of ketones is 3. The number of benzene rings is 3. The Bertz CT molecular complexity index is 2750. The Morgan fingerprint density at radius 3 is 1.22 bits per heavy atom. The van der Waals surface area contributed by atoms with Crippen LogP contribution in [0.25, 0.3) is 32.7 Å². The Hall–Kier alpha value is -7.14. The van der Waals surface area contributed by atoms with Gasteiger partial charge in [-0.2, -0.15) is 0 Å². The molecular formula is C47H51ClN6O11. The van der Waals surface area contributed by atoms with E-state index in [9.17, 15) is 33.6 Å². The lowest BCUT2D eigenvalue weighted by atomic mass is 10.1. The van der Waals surface area contributed by atoms with Crippen LogP contribution in [0.4, 0.5) is 4.79 Å². The molecule has 342 valence electrons. The van der Waals surface area contributed by atoms with Gasteiger partial charge < -0.3 is 48.6 Å². The zero-order valence-corrected chi connectivity index (χ0v) is 37.8. The third-order valence-corrected chi connectivity index (χ3v) is 11.0. The number of likely N-dealkylation sites (tertiary alicyclic amines) is 1. The summed E-state index contributed by atoms with van der Waals surface area (Å²) in [5, 5.41) is 1.09. The second-order valence-corrected chi connectivity index (χ2v) is 16.6. The number of carbonyl (C=O) groups excluding carboxylic acids is 7. The van der Waals surface area contributed by atoms with E-state index in [0.717, 1.165) is 41.2 Å². The highest BCUT2D eigenvalue weighted by Crippen LogP contribution is 2.27. The number of piperazine rings is 1. The molecule has 0 aliphatic carbocycles. The molecule has 0 unspecified atom stereocenters. The predicted molar refractivity (Wildman–Crippen MR) is 243 cm³/mol. The van der Waals surface area contributed by atoms with E-state index in [-0.39, 0.29) is 5.56 Å². The molecule has 8 rings (SSSR count). The molecule has 2 aliphatic heterocycles. The number of nitrogens with one attached hydrogen (secondary N) is 3. The molecule has 0 atom stereocenters. The van der Waals surface area contributed by atoms with Crippen molar-refractivity contribution < 1.29 is 52.5 Å². The molecule has 3 amide bonds. The first kappa shape index (κ1) is 47.3. The summed E-state index contributed by atoms with van der Waals surface area (Å²) in [5.41, 5.74) is 2.71. The highest BCUT2D eigenvalue weighted by Gasteiger charge is 2.32. The molecule has 2 fully saturated rings. The number of methoxy groups -OCH3 is 3. The van der Waals surface area contributed by atoms with Crippen LogP contribution >= 0.6 is 11.6 Å². The Morgan fingerprint density at radius 2 is 0.862 bits per heavy atom. The number of Topliss-reactive ketones (excluding diaryl/α,β-unsaturated/α-hetero) is 3. The Balaban J connectivity index is 0.000000168. The van der Waals surface area contributed by atoms with Gasteiger partial charge in [-0.3, -0.25) is 28.8 Å². The van der Waals surface area contributed by atoms with Gasteiger partial charge in [0.1, 0.15) is 22.8 Å². The highest BCUT2D eigenvalue weighted by atomic mass is 35.5. The van der Waals surface area contributed by atoms with Crippen molar-refractivity contribution in [1.82, 2.24) is 29.7 Å². The monoisotopic (exact) mass is 910 g/mol. The molecule has 2 aliphatic rings. The van der Waals surface area contributed by atoms with Gasteiger partial charge >= 0.3 is 6.09 Å². The summed E-state index contributed by atoms with van der Waals surface area (Å²) in [6.45, 7) is 8.03. The lowest BCUT2D eigenvalue weighted by Crippen LogP contribution is -2.53. The van der Waals surface area contributed by atoms with Crippen LogP contribution in [0, 0.1) is 0 Å². The normalized spacial score (nSPS) is 13.9. The average molecular weight is 911 g/mol. The summed E-state index contributed by atoms with van der Waals surface area (Å²) in [7, 11) is 4.71. The summed E-state index contributed by atoms with van der Waals surface area (Å²) in [6, 6.07) is 15.9. The van der Waals surface area contributed by atoms with Gasteiger partial charge in [0.05, 0.1) is 38.0 Å². The fourth-order valence-corrected chi connectivity index (χ4v) is 7.50. The molecular weight excluding hydrogens is 860 g/mol. The Morgan fingerprint density at radius 1 is 0.508 bits per heavy atom. The van der Waals surface area contributed by atoms with Gasteiger partial charge in [-0.25, -0.2) is 4.79 Å². The SMILES string of the molecule is COc1ccc2c(C(=O)C(=O)Cl)c[nH]c2c1.COc1ccc2c(C(=O)C(=O)N3CCCCC3)c[nH]c2c1.COc1ccc2c(C(=O)C(=O)N3CCN(C(=O)OC(C)(C)C)CC3)c[nH]c2c1. The lowest BCUT2D eigenvalue weighted by molar-refractivity contribution is -0.128. The molecule has 18 heteroatoms. The first-order chi connectivity index (χ1) is 31.0. The average Bonchev–Trinajstić information content (AvgIpc) is 4.07. The minimum absolute atomic E-state index is 0.276. The van der Waals surface area contributed by atoms with E-state index < -0.39 is 46.1 Å². The number of amides is 3. The summed E-state index contributed by atoms with van der Waals surface area (Å²) < 4.78 is 20.7. The maximum absolute atomic E-state index is 12.7. The Labute approximate surface area is 379 Å². The second kappa shape index (κ2) is 20.6. The van der Waals surface area contributed by atoms with Crippen molar-refractivity contribution in [2.45, 2.75) is 45.6 Å². The lowest BCUT2D eigenvalue weighted by Gasteiger charge is -2.35. The molecule has 3 N–H and O–H groups in total. The van der Waals surface area contributed by atoms with Crippen molar-refractivity contribution in [3.05, 3.63) is 89.9 Å². The van der Waals surface area contributed by atoms with Gasteiger partial charge in [-0.15, -0.1) is 0 Å². The van der Waals surface area contributed by atoms with Crippen LogP contribution in [0.15, 0.2) is 73.2 Å². The van der Waals surface area contributed by atoms with Crippen molar-refractivity contribution in [1.29, 1.82) is 0 Å². The van der Waals surface area contributed by atoms with Crippen molar-refractivity contribution in [3.63, 3.8) is 0 Å². The summed E-state index contributed by atoms with van der Waals surface area (Å²) >= 11 is 5.15. The number of aromatic amines is 3.